The molecule has 94 valence electrons. The highest BCUT2D eigenvalue weighted by atomic mass is 19.1. The van der Waals surface area contributed by atoms with E-state index in [2.05, 4.69) is 5.32 Å². The summed E-state index contributed by atoms with van der Waals surface area (Å²) < 4.78 is 19.4. The van der Waals surface area contributed by atoms with E-state index in [1.165, 1.54) is 0 Å². The first-order valence-electron chi connectivity index (χ1n) is 6.29. The maximum atomic E-state index is 13.8. The van der Waals surface area contributed by atoms with E-state index in [4.69, 9.17) is 4.74 Å². The Bertz CT molecular complexity index is 350. The average molecular weight is 237 g/mol. The zero-order valence-electron chi connectivity index (χ0n) is 10.3. The molecule has 2 nitrogen and oxygen atoms in total. The van der Waals surface area contributed by atoms with E-state index < -0.39 is 0 Å². The van der Waals surface area contributed by atoms with Crippen LogP contribution in [-0.4, -0.2) is 26.8 Å². The molecule has 1 aliphatic rings. The second kappa shape index (κ2) is 6.12. The van der Waals surface area contributed by atoms with Crippen LogP contribution >= 0.6 is 0 Å². The molecule has 1 aliphatic heterocycles. The largest absolute Gasteiger partial charge is 0.381 e. The summed E-state index contributed by atoms with van der Waals surface area (Å²) in [5, 5.41) is 3.17. The predicted molar refractivity (Wildman–Crippen MR) is 66.6 cm³/mol. The fourth-order valence-electron chi connectivity index (χ4n) is 2.61. The zero-order valence-corrected chi connectivity index (χ0v) is 10.3. The maximum absolute atomic E-state index is 13.8. The lowest BCUT2D eigenvalue weighted by molar-refractivity contribution is 0.0437. The first-order chi connectivity index (χ1) is 8.33. The fourth-order valence-corrected chi connectivity index (χ4v) is 2.61. The highest BCUT2D eigenvalue weighted by Crippen LogP contribution is 2.31. The van der Waals surface area contributed by atoms with E-state index in [1.807, 2.05) is 19.2 Å². The monoisotopic (exact) mass is 237 g/mol. The molecule has 0 bridgehead atoms. The van der Waals surface area contributed by atoms with Gasteiger partial charge in [-0.15, -0.1) is 0 Å². The van der Waals surface area contributed by atoms with E-state index in [0.717, 1.165) is 38.2 Å². The summed E-state index contributed by atoms with van der Waals surface area (Å²) >= 11 is 0. The Balaban J connectivity index is 2.18. The first kappa shape index (κ1) is 12.5. The van der Waals surface area contributed by atoms with Gasteiger partial charge >= 0.3 is 0 Å². The van der Waals surface area contributed by atoms with E-state index in [0.29, 0.717) is 5.92 Å². The molecule has 1 heterocycles. The van der Waals surface area contributed by atoms with Crippen molar-refractivity contribution in [1.29, 1.82) is 0 Å². The van der Waals surface area contributed by atoms with Gasteiger partial charge in [-0.25, -0.2) is 4.39 Å². The van der Waals surface area contributed by atoms with Gasteiger partial charge in [-0.2, -0.15) is 0 Å². The number of benzene rings is 1. The molecular weight excluding hydrogens is 217 g/mol. The van der Waals surface area contributed by atoms with Crippen LogP contribution in [0.1, 0.15) is 24.3 Å². The minimum Gasteiger partial charge on any atom is -0.381 e. The number of likely N-dealkylation sites (N-methyl/N-ethyl adjacent to an activating group) is 1. The summed E-state index contributed by atoms with van der Waals surface area (Å²) in [6.45, 7) is 2.40. The molecule has 1 N–H and O–H groups in total. The Morgan fingerprint density at radius 3 is 2.94 bits per heavy atom. The molecule has 0 amide bonds. The fraction of sp³-hybridized carbons (Fsp3) is 0.571. The Morgan fingerprint density at radius 2 is 2.29 bits per heavy atom. The Labute approximate surface area is 102 Å². The molecule has 1 saturated heterocycles. The summed E-state index contributed by atoms with van der Waals surface area (Å²) in [5.74, 6) is 0.535. The van der Waals surface area contributed by atoms with Crippen molar-refractivity contribution < 1.29 is 9.13 Å². The molecule has 1 aromatic carbocycles. The summed E-state index contributed by atoms with van der Waals surface area (Å²) in [6.07, 6.45) is 2.21. The molecule has 0 radical (unpaired) electrons. The molecule has 17 heavy (non-hydrogen) atoms. The zero-order chi connectivity index (χ0) is 12.1. The molecule has 1 aromatic rings. The Hall–Kier alpha value is -0.930. The summed E-state index contributed by atoms with van der Waals surface area (Å²) in [5.41, 5.74) is 0.817. The van der Waals surface area contributed by atoms with Crippen molar-refractivity contribution in [2.45, 2.75) is 18.8 Å². The molecule has 0 saturated carbocycles. The highest BCUT2D eigenvalue weighted by molar-refractivity contribution is 5.23. The molecule has 2 atom stereocenters. The van der Waals surface area contributed by atoms with Crippen molar-refractivity contribution >= 4 is 0 Å². The van der Waals surface area contributed by atoms with Crippen molar-refractivity contribution in [2.24, 2.45) is 5.92 Å². The van der Waals surface area contributed by atoms with Gasteiger partial charge in [0.15, 0.2) is 0 Å². The number of nitrogens with one attached hydrogen (secondary N) is 1. The molecule has 1 fully saturated rings. The SMILES string of the molecule is CNCC(c1ccccc1F)C1CCCOC1. The standard InChI is InChI=1S/C14H20FNO/c1-16-9-13(11-5-4-8-17-10-11)12-6-2-3-7-14(12)15/h2-3,6-7,11,13,16H,4-5,8-10H2,1H3. The van der Waals surface area contributed by atoms with E-state index in [9.17, 15) is 4.39 Å². The van der Waals surface area contributed by atoms with Gasteiger partial charge in [0.25, 0.3) is 0 Å². The molecule has 0 aromatic heterocycles. The van der Waals surface area contributed by atoms with Crippen LogP contribution in [0.2, 0.25) is 0 Å². The summed E-state index contributed by atoms with van der Waals surface area (Å²) in [7, 11) is 1.91. The molecule has 3 heteroatoms. The third kappa shape index (κ3) is 3.05. The summed E-state index contributed by atoms with van der Waals surface area (Å²) in [4.78, 5) is 0. The van der Waals surface area contributed by atoms with E-state index in [1.54, 1.807) is 12.1 Å². The number of hydrogen-bond acceptors (Lipinski definition) is 2. The number of rotatable bonds is 4. The number of halogens is 1. The highest BCUT2D eigenvalue weighted by Gasteiger charge is 2.26. The van der Waals surface area contributed by atoms with E-state index >= 15 is 0 Å². The smallest absolute Gasteiger partial charge is 0.126 e. The van der Waals surface area contributed by atoms with Gasteiger partial charge in [-0.1, -0.05) is 18.2 Å². The van der Waals surface area contributed by atoms with Crippen LogP contribution in [0.4, 0.5) is 4.39 Å². The van der Waals surface area contributed by atoms with Crippen molar-refractivity contribution in [3.63, 3.8) is 0 Å². The topological polar surface area (TPSA) is 21.3 Å². The van der Waals surface area contributed by atoms with Crippen LogP contribution in [0.15, 0.2) is 24.3 Å². The van der Waals surface area contributed by atoms with Gasteiger partial charge < -0.3 is 10.1 Å². The van der Waals surface area contributed by atoms with Crippen LogP contribution < -0.4 is 5.32 Å². The van der Waals surface area contributed by atoms with Crippen molar-refractivity contribution in [2.75, 3.05) is 26.8 Å². The average Bonchev–Trinajstić information content (AvgIpc) is 2.38. The lowest BCUT2D eigenvalue weighted by Crippen LogP contribution is -2.30. The Morgan fingerprint density at radius 1 is 1.47 bits per heavy atom. The van der Waals surface area contributed by atoms with Gasteiger partial charge in [0, 0.05) is 19.1 Å². The van der Waals surface area contributed by atoms with Crippen molar-refractivity contribution in [3.05, 3.63) is 35.6 Å². The second-order valence-electron chi connectivity index (χ2n) is 4.66. The summed E-state index contributed by atoms with van der Waals surface area (Å²) in [6, 6.07) is 7.09. The predicted octanol–water partition coefficient (Wildman–Crippen LogP) is 2.56. The van der Waals surface area contributed by atoms with Gasteiger partial charge in [0.05, 0.1) is 6.61 Å². The van der Waals surface area contributed by atoms with Crippen LogP contribution in [0.3, 0.4) is 0 Å². The first-order valence-corrected chi connectivity index (χ1v) is 6.29. The van der Waals surface area contributed by atoms with Gasteiger partial charge in [0.1, 0.15) is 5.82 Å². The van der Waals surface area contributed by atoms with Gasteiger partial charge in [-0.05, 0) is 37.4 Å². The second-order valence-corrected chi connectivity index (χ2v) is 4.66. The number of hydrogen-bond donors (Lipinski definition) is 1. The lowest BCUT2D eigenvalue weighted by atomic mass is 9.82. The third-order valence-electron chi connectivity index (χ3n) is 3.49. The molecule has 0 aliphatic carbocycles. The van der Waals surface area contributed by atoms with Crippen molar-refractivity contribution in [3.8, 4) is 0 Å². The van der Waals surface area contributed by atoms with Crippen LogP contribution in [0, 0.1) is 11.7 Å². The Kier molecular flexibility index (Phi) is 4.51. The normalized spacial score (nSPS) is 22.4. The van der Waals surface area contributed by atoms with Crippen molar-refractivity contribution in [1.82, 2.24) is 5.32 Å². The minimum absolute atomic E-state index is 0.0988. The van der Waals surface area contributed by atoms with Gasteiger partial charge in [-0.3, -0.25) is 0 Å². The molecular formula is C14H20FNO. The van der Waals surface area contributed by atoms with Crippen LogP contribution in [0.5, 0.6) is 0 Å². The number of ether oxygens (including phenoxy) is 1. The van der Waals surface area contributed by atoms with Crippen LogP contribution in [-0.2, 0) is 4.74 Å². The lowest BCUT2D eigenvalue weighted by Gasteiger charge is -2.30. The maximum Gasteiger partial charge on any atom is 0.126 e. The molecule has 2 rings (SSSR count). The minimum atomic E-state index is -0.0988. The van der Waals surface area contributed by atoms with E-state index in [-0.39, 0.29) is 11.7 Å². The third-order valence-corrected chi connectivity index (χ3v) is 3.49. The molecule has 0 spiro atoms. The molecule has 2 unspecified atom stereocenters. The van der Waals surface area contributed by atoms with Gasteiger partial charge in [0.2, 0.25) is 0 Å². The quantitative estimate of drug-likeness (QED) is 0.869. The van der Waals surface area contributed by atoms with Crippen LogP contribution in [0.25, 0.3) is 0 Å².